The van der Waals surface area contributed by atoms with Crippen molar-refractivity contribution in [3.8, 4) is 11.1 Å². The average molecular weight is 426 g/mol. The summed E-state index contributed by atoms with van der Waals surface area (Å²) < 4.78 is 24.4. The Morgan fingerprint density at radius 3 is 2.74 bits per heavy atom. The number of anilines is 1. The van der Waals surface area contributed by atoms with Gasteiger partial charge in [0, 0.05) is 11.6 Å². The molecule has 31 heavy (non-hydrogen) atoms. The Bertz CT molecular complexity index is 988. The second-order valence-corrected chi connectivity index (χ2v) is 7.12. The van der Waals surface area contributed by atoms with Gasteiger partial charge in [0.1, 0.15) is 5.82 Å². The second kappa shape index (κ2) is 11.2. The molecule has 0 fully saturated rings. The van der Waals surface area contributed by atoms with Gasteiger partial charge in [-0.1, -0.05) is 54.5 Å². The summed E-state index contributed by atoms with van der Waals surface area (Å²) in [6, 6.07) is 16.4. The maximum Gasteiger partial charge on any atom is 0.231 e. The highest BCUT2D eigenvalue weighted by Gasteiger charge is 2.12. The van der Waals surface area contributed by atoms with Gasteiger partial charge < -0.3 is 20.1 Å². The van der Waals surface area contributed by atoms with E-state index in [1.54, 1.807) is 18.2 Å². The van der Waals surface area contributed by atoms with Crippen LogP contribution in [0.4, 0.5) is 10.3 Å². The molecule has 8 heteroatoms. The van der Waals surface area contributed by atoms with Gasteiger partial charge in [-0.25, -0.2) is 4.39 Å². The molecule has 0 spiro atoms. The molecule has 0 saturated heterocycles. The molecule has 0 aliphatic carbocycles. The van der Waals surface area contributed by atoms with E-state index in [4.69, 9.17) is 20.1 Å². The van der Waals surface area contributed by atoms with Crippen LogP contribution in [0, 0.1) is 5.82 Å². The molecular weight excluding hydrogens is 399 g/mol. The molecule has 0 saturated carbocycles. The lowest BCUT2D eigenvalue weighted by Gasteiger charge is -2.11. The molecule has 0 amide bonds. The number of nitrogens with zero attached hydrogens (tertiary/aromatic N) is 2. The van der Waals surface area contributed by atoms with E-state index in [-0.39, 0.29) is 30.9 Å². The van der Waals surface area contributed by atoms with Crippen LogP contribution in [0.25, 0.3) is 11.1 Å². The van der Waals surface area contributed by atoms with Crippen molar-refractivity contribution in [1.29, 1.82) is 0 Å². The highest BCUT2D eigenvalue weighted by Crippen LogP contribution is 2.26. The minimum atomic E-state index is -0.230. The lowest BCUT2D eigenvalue weighted by atomic mass is 9.94. The molecule has 0 aliphatic rings. The molecule has 0 aliphatic heterocycles. The van der Waals surface area contributed by atoms with Crippen LogP contribution >= 0.6 is 0 Å². The standard InChI is InChI=1S/C23H27FN4O3/c1-16(17-6-8-18(9-7-17)20-4-2-3-5-21(20)24)14-19-15-22(31-28-19)27-23(25)26-10-12-30-13-11-29/h2-9,15-16,29H,10-14H2,1H3,(H3,25,26,27). The molecule has 4 N–H and O–H groups in total. The number of ether oxygens (including phenoxy) is 1. The predicted octanol–water partition coefficient (Wildman–Crippen LogP) is 3.56. The van der Waals surface area contributed by atoms with Gasteiger partial charge in [-0.2, -0.15) is 0 Å². The number of aliphatic hydroxyl groups excluding tert-OH is 1. The van der Waals surface area contributed by atoms with Crippen LogP contribution in [0.15, 0.2) is 64.1 Å². The van der Waals surface area contributed by atoms with Crippen molar-refractivity contribution in [2.75, 3.05) is 31.7 Å². The molecule has 1 heterocycles. The van der Waals surface area contributed by atoms with Crippen molar-refractivity contribution < 1.29 is 18.8 Å². The molecular formula is C23H27FN4O3. The maximum atomic E-state index is 14.0. The van der Waals surface area contributed by atoms with Crippen LogP contribution in [0.5, 0.6) is 0 Å². The number of hydrogen-bond donors (Lipinski definition) is 3. The fourth-order valence-corrected chi connectivity index (χ4v) is 3.15. The SMILES string of the molecule is CC(Cc1cc(NC(N)=NCCOCCO)on1)c1ccc(-c2ccccc2F)cc1. The van der Waals surface area contributed by atoms with Gasteiger partial charge in [0.05, 0.1) is 32.1 Å². The van der Waals surface area contributed by atoms with Crippen LogP contribution < -0.4 is 11.1 Å². The Balaban J connectivity index is 1.54. The number of nitrogens with two attached hydrogens (primary N) is 1. The Morgan fingerprint density at radius 2 is 2.00 bits per heavy atom. The van der Waals surface area contributed by atoms with Crippen molar-refractivity contribution >= 4 is 11.8 Å². The van der Waals surface area contributed by atoms with Crippen molar-refractivity contribution in [2.24, 2.45) is 10.7 Å². The molecule has 3 rings (SSSR count). The first-order chi connectivity index (χ1) is 15.1. The van der Waals surface area contributed by atoms with Crippen LogP contribution in [0.1, 0.15) is 24.1 Å². The fourth-order valence-electron chi connectivity index (χ4n) is 3.15. The smallest absolute Gasteiger partial charge is 0.231 e. The van der Waals surface area contributed by atoms with E-state index in [9.17, 15) is 4.39 Å². The molecule has 7 nitrogen and oxygen atoms in total. The normalized spacial score (nSPS) is 12.7. The van der Waals surface area contributed by atoms with Gasteiger partial charge in [-0.15, -0.1) is 0 Å². The highest BCUT2D eigenvalue weighted by molar-refractivity contribution is 5.90. The van der Waals surface area contributed by atoms with E-state index < -0.39 is 0 Å². The number of aliphatic imine (C=N–C) groups is 1. The Labute approximate surface area is 180 Å². The molecule has 0 bridgehead atoms. The number of guanidine groups is 1. The first-order valence-electron chi connectivity index (χ1n) is 10.1. The molecule has 1 atom stereocenters. The third-order valence-electron chi connectivity index (χ3n) is 4.74. The van der Waals surface area contributed by atoms with E-state index in [0.29, 0.717) is 31.0 Å². The van der Waals surface area contributed by atoms with E-state index in [0.717, 1.165) is 16.8 Å². The van der Waals surface area contributed by atoms with E-state index in [2.05, 4.69) is 22.4 Å². The van der Waals surface area contributed by atoms with Crippen molar-refractivity contribution in [1.82, 2.24) is 5.16 Å². The lowest BCUT2D eigenvalue weighted by Crippen LogP contribution is -2.23. The van der Waals surface area contributed by atoms with Crippen molar-refractivity contribution in [3.05, 3.63) is 71.7 Å². The molecule has 2 aromatic carbocycles. The van der Waals surface area contributed by atoms with E-state index in [1.165, 1.54) is 6.07 Å². The predicted molar refractivity (Wildman–Crippen MR) is 118 cm³/mol. The summed E-state index contributed by atoms with van der Waals surface area (Å²) in [5.41, 5.74) is 9.16. The van der Waals surface area contributed by atoms with Crippen LogP contribution in [-0.2, 0) is 11.2 Å². The minimum absolute atomic E-state index is 0.0214. The first-order valence-corrected chi connectivity index (χ1v) is 10.1. The molecule has 1 aromatic heterocycles. The number of rotatable bonds is 10. The summed E-state index contributed by atoms with van der Waals surface area (Å²) in [4.78, 5) is 4.11. The second-order valence-electron chi connectivity index (χ2n) is 7.12. The third kappa shape index (κ3) is 6.63. The summed E-state index contributed by atoms with van der Waals surface area (Å²) >= 11 is 0. The van der Waals surface area contributed by atoms with Gasteiger partial charge in [0.25, 0.3) is 0 Å². The number of benzene rings is 2. The number of halogens is 1. The van der Waals surface area contributed by atoms with Gasteiger partial charge >= 0.3 is 0 Å². The van der Waals surface area contributed by atoms with E-state index in [1.807, 2.05) is 30.3 Å². The number of aliphatic hydroxyl groups is 1. The topological polar surface area (TPSA) is 106 Å². The zero-order valence-corrected chi connectivity index (χ0v) is 17.4. The van der Waals surface area contributed by atoms with Gasteiger partial charge in [-0.05, 0) is 29.5 Å². The Hall–Kier alpha value is -3.23. The maximum absolute atomic E-state index is 14.0. The van der Waals surface area contributed by atoms with E-state index >= 15 is 0 Å². The summed E-state index contributed by atoms with van der Waals surface area (Å²) in [5, 5.41) is 15.6. The summed E-state index contributed by atoms with van der Waals surface area (Å²) in [6.07, 6.45) is 0.677. The zero-order chi connectivity index (χ0) is 22.1. The number of hydrogen-bond acceptors (Lipinski definition) is 5. The Kier molecular flexibility index (Phi) is 8.14. The Morgan fingerprint density at radius 1 is 1.23 bits per heavy atom. The molecule has 1 unspecified atom stereocenters. The van der Waals surface area contributed by atoms with Gasteiger partial charge in [-0.3, -0.25) is 10.3 Å². The molecule has 0 radical (unpaired) electrons. The van der Waals surface area contributed by atoms with Crippen LogP contribution in [0.2, 0.25) is 0 Å². The number of nitrogens with one attached hydrogen (secondary N) is 1. The zero-order valence-electron chi connectivity index (χ0n) is 17.4. The van der Waals surface area contributed by atoms with Crippen molar-refractivity contribution in [3.63, 3.8) is 0 Å². The van der Waals surface area contributed by atoms with Gasteiger partial charge in [0.15, 0.2) is 5.96 Å². The number of aromatic nitrogens is 1. The van der Waals surface area contributed by atoms with Crippen LogP contribution in [0.3, 0.4) is 0 Å². The monoisotopic (exact) mass is 426 g/mol. The third-order valence-corrected chi connectivity index (χ3v) is 4.74. The minimum Gasteiger partial charge on any atom is -0.394 e. The largest absolute Gasteiger partial charge is 0.394 e. The molecule has 3 aromatic rings. The van der Waals surface area contributed by atoms with Gasteiger partial charge in [0.2, 0.25) is 5.88 Å². The lowest BCUT2D eigenvalue weighted by molar-refractivity contribution is 0.0978. The highest BCUT2D eigenvalue weighted by atomic mass is 19.1. The first kappa shape index (κ1) is 22.5. The summed E-state index contributed by atoms with van der Waals surface area (Å²) in [7, 11) is 0. The quantitative estimate of drug-likeness (QED) is 0.260. The molecule has 164 valence electrons. The van der Waals surface area contributed by atoms with Crippen LogP contribution in [-0.4, -0.2) is 42.6 Å². The fraction of sp³-hybridized carbons (Fsp3) is 0.304. The average Bonchev–Trinajstić information content (AvgIpc) is 3.20. The summed E-state index contributed by atoms with van der Waals surface area (Å²) in [5.74, 6) is 0.579. The summed E-state index contributed by atoms with van der Waals surface area (Å²) in [6.45, 7) is 3.10. The van der Waals surface area contributed by atoms with Crippen molar-refractivity contribution in [2.45, 2.75) is 19.3 Å².